The fraction of sp³-hybridized carbons (Fsp3) is 0.0476. The Labute approximate surface area is 171 Å². The molecule has 1 fully saturated rings. The van der Waals surface area contributed by atoms with E-state index in [9.17, 15) is 9.59 Å². The van der Waals surface area contributed by atoms with E-state index in [0.717, 1.165) is 10.8 Å². The minimum atomic E-state index is -1.08. The van der Waals surface area contributed by atoms with Crippen molar-refractivity contribution in [3.05, 3.63) is 71.8 Å². The average molecular weight is 408 g/mol. The molecule has 3 aromatic carbocycles. The molecule has 138 valence electrons. The first-order chi connectivity index (χ1) is 13.5. The third kappa shape index (κ3) is 3.40. The molecule has 3 aromatic rings. The van der Waals surface area contributed by atoms with Gasteiger partial charge in [-0.1, -0.05) is 48.0 Å². The van der Waals surface area contributed by atoms with Gasteiger partial charge in [0.1, 0.15) is 0 Å². The Kier molecular flexibility index (Phi) is 4.90. The van der Waals surface area contributed by atoms with Crippen molar-refractivity contribution in [2.75, 3.05) is 4.90 Å². The van der Waals surface area contributed by atoms with E-state index in [0.29, 0.717) is 16.4 Å². The van der Waals surface area contributed by atoms with Crippen LogP contribution in [0.25, 0.3) is 10.8 Å². The number of nitrogens with one attached hydrogen (secondary N) is 1. The zero-order valence-corrected chi connectivity index (χ0v) is 16.1. The van der Waals surface area contributed by atoms with Crippen LogP contribution in [0.2, 0.25) is 5.02 Å². The predicted molar refractivity (Wildman–Crippen MR) is 115 cm³/mol. The maximum absolute atomic E-state index is 13.0. The van der Waals surface area contributed by atoms with Crippen LogP contribution in [0.5, 0.6) is 0 Å². The number of rotatable bonds is 3. The number of thiocarbonyl (C=S) groups is 1. The summed E-state index contributed by atoms with van der Waals surface area (Å²) in [5, 5.41) is 5.11. The highest BCUT2D eigenvalue weighted by atomic mass is 35.5. The molecule has 1 heterocycles. The van der Waals surface area contributed by atoms with Crippen LogP contribution < -0.4 is 10.2 Å². The first-order valence-electron chi connectivity index (χ1n) is 8.51. The van der Waals surface area contributed by atoms with Gasteiger partial charge in [0.25, 0.3) is 5.91 Å². The molecule has 1 saturated heterocycles. The van der Waals surface area contributed by atoms with Crippen molar-refractivity contribution >= 4 is 69.1 Å². The van der Waals surface area contributed by atoms with Gasteiger partial charge < -0.3 is 5.32 Å². The molecule has 0 aliphatic carbocycles. The number of halogens is 1. The summed E-state index contributed by atoms with van der Waals surface area (Å²) in [4.78, 5) is 31.1. The van der Waals surface area contributed by atoms with Crippen LogP contribution in [0.1, 0.15) is 0 Å². The normalized spacial score (nSPS) is 17.4. The second kappa shape index (κ2) is 7.50. The number of benzene rings is 3. The smallest absolute Gasteiger partial charge is 0.251 e. The van der Waals surface area contributed by atoms with Crippen LogP contribution in [-0.2, 0) is 9.59 Å². The molecule has 5 nitrogen and oxygen atoms in total. The van der Waals surface area contributed by atoms with Gasteiger partial charge in [-0.15, -0.1) is 0 Å². The summed E-state index contributed by atoms with van der Waals surface area (Å²) in [6, 6.07) is 20.1. The minimum absolute atomic E-state index is 0.0344. The third-order valence-electron chi connectivity index (χ3n) is 4.42. The van der Waals surface area contributed by atoms with Crippen LogP contribution in [0.3, 0.4) is 0 Å². The number of hydrogen-bond donors (Lipinski definition) is 1. The Hall–Kier alpha value is -3.09. The van der Waals surface area contributed by atoms with E-state index in [-0.39, 0.29) is 5.11 Å². The topological polar surface area (TPSA) is 61.8 Å². The Morgan fingerprint density at radius 3 is 2.50 bits per heavy atom. The lowest BCUT2D eigenvalue weighted by molar-refractivity contribution is -0.130. The molecule has 28 heavy (non-hydrogen) atoms. The number of hydrogen-bond acceptors (Lipinski definition) is 4. The molecular formula is C21H14ClN3O2S. The fourth-order valence-electron chi connectivity index (χ4n) is 3.03. The average Bonchev–Trinajstić information content (AvgIpc) is 2.69. The van der Waals surface area contributed by atoms with E-state index in [1.54, 1.807) is 24.3 Å². The number of carbonyl (C=O) groups excluding carboxylic acids is 2. The SMILES string of the molecule is O=C1NC(=S)N(c2ccc(Cl)cc2)C(=O)[C@H]1C=Nc1cccc2ccccc12. The molecule has 2 amide bonds. The number of carbonyl (C=O) groups is 2. The molecule has 0 spiro atoms. The molecule has 1 N–H and O–H groups in total. The molecule has 0 saturated carbocycles. The number of aliphatic imine (C=N–C) groups is 1. The Morgan fingerprint density at radius 2 is 1.71 bits per heavy atom. The Balaban J connectivity index is 1.67. The molecule has 0 radical (unpaired) electrons. The molecule has 0 aromatic heterocycles. The number of fused-ring (bicyclic) bond motifs is 1. The van der Waals surface area contributed by atoms with Crippen molar-refractivity contribution in [1.29, 1.82) is 0 Å². The highest BCUT2D eigenvalue weighted by Gasteiger charge is 2.38. The summed E-state index contributed by atoms with van der Waals surface area (Å²) in [6.45, 7) is 0. The quantitative estimate of drug-likeness (QED) is 0.401. The maximum atomic E-state index is 13.0. The molecule has 0 unspecified atom stereocenters. The maximum Gasteiger partial charge on any atom is 0.251 e. The molecular weight excluding hydrogens is 394 g/mol. The van der Waals surface area contributed by atoms with Gasteiger partial charge in [-0.2, -0.15) is 0 Å². The lowest BCUT2D eigenvalue weighted by atomic mass is 10.1. The van der Waals surface area contributed by atoms with Crippen molar-refractivity contribution in [1.82, 2.24) is 5.32 Å². The van der Waals surface area contributed by atoms with E-state index in [2.05, 4.69) is 10.3 Å². The molecule has 1 atom stereocenters. The number of amides is 2. The second-order valence-electron chi connectivity index (χ2n) is 6.20. The van der Waals surface area contributed by atoms with Gasteiger partial charge in [-0.3, -0.25) is 19.5 Å². The third-order valence-corrected chi connectivity index (χ3v) is 4.95. The van der Waals surface area contributed by atoms with Gasteiger partial charge in [0.15, 0.2) is 11.0 Å². The van der Waals surface area contributed by atoms with Gasteiger partial charge in [0.05, 0.1) is 11.4 Å². The summed E-state index contributed by atoms with van der Waals surface area (Å²) >= 11 is 11.1. The fourth-order valence-corrected chi connectivity index (χ4v) is 3.45. The Morgan fingerprint density at radius 1 is 1.00 bits per heavy atom. The predicted octanol–water partition coefficient (Wildman–Crippen LogP) is 4.26. The Bertz CT molecular complexity index is 1120. The minimum Gasteiger partial charge on any atom is -0.301 e. The highest BCUT2D eigenvalue weighted by molar-refractivity contribution is 7.80. The van der Waals surface area contributed by atoms with Crippen molar-refractivity contribution < 1.29 is 9.59 Å². The van der Waals surface area contributed by atoms with Gasteiger partial charge in [0.2, 0.25) is 5.91 Å². The summed E-state index contributed by atoms with van der Waals surface area (Å²) in [5.74, 6) is -2.04. The van der Waals surface area contributed by atoms with Crippen LogP contribution in [0.4, 0.5) is 11.4 Å². The van der Waals surface area contributed by atoms with E-state index in [4.69, 9.17) is 23.8 Å². The highest BCUT2D eigenvalue weighted by Crippen LogP contribution is 2.26. The van der Waals surface area contributed by atoms with Gasteiger partial charge in [-0.25, -0.2) is 0 Å². The second-order valence-corrected chi connectivity index (χ2v) is 7.02. The summed E-state index contributed by atoms with van der Waals surface area (Å²) in [5.41, 5.74) is 1.22. The summed E-state index contributed by atoms with van der Waals surface area (Å²) in [6.07, 6.45) is 1.37. The number of anilines is 1. The van der Waals surface area contributed by atoms with Crippen molar-refractivity contribution in [3.8, 4) is 0 Å². The summed E-state index contributed by atoms with van der Waals surface area (Å²) < 4.78 is 0. The molecule has 1 aliphatic heterocycles. The van der Waals surface area contributed by atoms with Gasteiger partial charge in [-0.05, 0) is 47.9 Å². The molecule has 0 bridgehead atoms. The van der Waals surface area contributed by atoms with Crippen LogP contribution in [0, 0.1) is 5.92 Å². The summed E-state index contributed by atoms with van der Waals surface area (Å²) in [7, 11) is 0. The monoisotopic (exact) mass is 407 g/mol. The lowest BCUT2D eigenvalue weighted by Gasteiger charge is -2.30. The van der Waals surface area contributed by atoms with Crippen LogP contribution in [-0.4, -0.2) is 23.1 Å². The van der Waals surface area contributed by atoms with E-state index in [1.165, 1.54) is 11.1 Å². The van der Waals surface area contributed by atoms with E-state index >= 15 is 0 Å². The number of nitrogens with zero attached hydrogens (tertiary/aromatic N) is 2. The first kappa shape index (κ1) is 18.3. The first-order valence-corrected chi connectivity index (χ1v) is 9.29. The standard InChI is InChI=1S/C21H14ClN3O2S/c22-14-8-10-15(11-9-14)25-20(27)17(19(26)24-21(25)28)12-23-18-7-3-5-13-4-1-2-6-16(13)18/h1-12,17H,(H,24,26,28)/t17-/m0/s1. The van der Waals surface area contributed by atoms with Gasteiger partial charge in [0, 0.05) is 16.6 Å². The van der Waals surface area contributed by atoms with Crippen molar-refractivity contribution in [2.45, 2.75) is 0 Å². The van der Waals surface area contributed by atoms with E-state index < -0.39 is 17.7 Å². The molecule has 4 rings (SSSR count). The molecule has 7 heteroatoms. The zero-order chi connectivity index (χ0) is 19.7. The lowest BCUT2D eigenvalue weighted by Crippen LogP contribution is -2.58. The largest absolute Gasteiger partial charge is 0.301 e. The van der Waals surface area contributed by atoms with Crippen molar-refractivity contribution in [3.63, 3.8) is 0 Å². The molecule has 1 aliphatic rings. The van der Waals surface area contributed by atoms with Gasteiger partial charge >= 0.3 is 0 Å². The van der Waals surface area contributed by atoms with Crippen molar-refractivity contribution in [2.24, 2.45) is 10.9 Å². The van der Waals surface area contributed by atoms with Crippen LogP contribution >= 0.6 is 23.8 Å². The van der Waals surface area contributed by atoms with E-state index in [1.807, 2.05) is 42.5 Å². The van der Waals surface area contributed by atoms with Crippen LogP contribution in [0.15, 0.2) is 71.7 Å². The zero-order valence-electron chi connectivity index (χ0n) is 14.5.